The number of nitrogens with zero attached hydrogens (tertiary/aromatic N) is 4. The van der Waals surface area contributed by atoms with E-state index in [9.17, 15) is 4.79 Å². The summed E-state index contributed by atoms with van der Waals surface area (Å²) >= 11 is 0. The summed E-state index contributed by atoms with van der Waals surface area (Å²) in [5.41, 5.74) is 4.69. The van der Waals surface area contributed by atoms with Crippen molar-refractivity contribution in [2.24, 2.45) is 4.99 Å². The topological polar surface area (TPSA) is 104 Å². The van der Waals surface area contributed by atoms with Gasteiger partial charge in [-0.15, -0.1) is 0 Å². The maximum atomic E-state index is 12.6. The van der Waals surface area contributed by atoms with Crippen molar-refractivity contribution in [2.45, 2.75) is 20.4 Å². The lowest BCUT2D eigenvalue weighted by molar-refractivity contribution is 0.102. The van der Waals surface area contributed by atoms with Crippen LogP contribution < -0.4 is 5.32 Å². The van der Waals surface area contributed by atoms with Gasteiger partial charge in [0, 0.05) is 24.4 Å². The Morgan fingerprint density at radius 3 is 2.78 bits per heavy atom. The lowest BCUT2D eigenvalue weighted by Gasteiger charge is -2.09. The normalized spacial score (nSPS) is 12.3. The van der Waals surface area contributed by atoms with Gasteiger partial charge in [-0.05, 0) is 36.2 Å². The maximum Gasteiger partial charge on any atom is 0.274 e. The molecule has 0 radical (unpaired) electrons. The van der Waals surface area contributed by atoms with E-state index in [0.29, 0.717) is 35.0 Å². The van der Waals surface area contributed by atoms with Crippen molar-refractivity contribution < 1.29 is 9.21 Å². The Morgan fingerprint density at radius 2 is 2.07 bits per heavy atom. The summed E-state index contributed by atoms with van der Waals surface area (Å²) in [6.45, 7) is 4.10. The second kappa shape index (κ2) is 6.50. The summed E-state index contributed by atoms with van der Waals surface area (Å²) in [5, 5.41) is 11.8. The molecule has 27 heavy (non-hydrogen) atoms. The van der Waals surface area contributed by atoms with Gasteiger partial charge in [-0.1, -0.05) is 6.07 Å². The Morgan fingerprint density at radius 1 is 1.22 bits per heavy atom. The first-order valence-electron chi connectivity index (χ1n) is 8.34. The van der Waals surface area contributed by atoms with E-state index in [-0.39, 0.29) is 11.6 Å². The molecule has 1 aromatic carbocycles. The molecule has 0 saturated carbocycles. The third-order valence-corrected chi connectivity index (χ3v) is 4.31. The Labute approximate surface area is 155 Å². The number of oxazole rings is 1. The molecule has 3 aromatic rings. The second-order valence-corrected chi connectivity index (χ2v) is 6.24. The first-order chi connectivity index (χ1) is 13.0. The number of pyridine rings is 1. The van der Waals surface area contributed by atoms with Gasteiger partial charge in [0.1, 0.15) is 17.5 Å². The highest BCUT2D eigenvalue weighted by molar-refractivity contribution is 6.14. The molecule has 1 amide bonds. The standard InChI is InChI=1S/C20H15N5O2/c1-11-5-13(7-21)8-23-18(11)20(26)25-15-4-3-14-9-24-19(16(14)6-15)17-10-22-12(2)27-17/h3-6,8,10H,9H2,1-2H3,(H,25,26). The molecule has 132 valence electrons. The fourth-order valence-corrected chi connectivity index (χ4v) is 3.01. The Balaban J connectivity index is 1.61. The van der Waals surface area contributed by atoms with Crippen molar-refractivity contribution in [2.75, 3.05) is 5.32 Å². The molecule has 0 atom stereocenters. The van der Waals surface area contributed by atoms with E-state index in [4.69, 9.17) is 9.68 Å². The molecule has 0 spiro atoms. The number of carbonyl (C=O) groups excluding carboxylic acids is 1. The van der Waals surface area contributed by atoms with Crippen LogP contribution in [-0.4, -0.2) is 21.6 Å². The number of nitrogens with one attached hydrogen (secondary N) is 1. The molecule has 1 N–H and O–H groups in total. The highest BCUT2D eigenvalue weighted by Crippen LogP contribution is 2.26. The zero-order chi connectivity index (χ0) is 19.0. The smallest absolute Gasteiger partial charge is 0.274 e. The van der Waals surface area contributed by atoms with Crippen molar-refractivity contribution in [1.82, 2.24) is 9.97 Å². The molecule has 7 heteroatoms. The van der Waals surface area contributed by atoms with Crippen LogP contribution in [-0.2, 0) is 6.54 Å². The molecule has 0 saturated heterocycles. The van der Waals surface area contributed by atoms with Crippen LogP contribution in [0.5, 0.6) is 0 Å². The molecule has 0 unspecified atom stereocenters. The number of hydrogen-bond donors (Lipinski definition) is 1. The van der Waals surface area contributed by atoms with Gasteiger partial charge in [0.2, 0.25) is 0 Å². The summed E-state index contributed by atoms with van der Waals surface area (Å²) < 4.78 is 5.59. The van der Waals surface area contributed by atoms with Gasteiger partial charge in [-0.25, -0.2) is 9.97 Å². The third kappa shape index (κ3) is 3.09. The van der Waals surface area contributed by atoms with Gasteiger partial charge in [-0.3, -0.25) is 9.79 Å². The predicted molar refractivity (Wildman–Crippen MR) is 98.7 cm³/mol. The first kappa shape index (κ1) is 16.7. The van der Waals surface area contributed by atoms with Crippen LogP contribution in [0.3, 0.4) is 0 Å². The average molecular weight is 357 g/mol. The number of hydrogen-bond acceptors (Lipinski definition) is 6. The molecule has 1 aliphatic rings. The fraction of sp³-hybridized carbons (Fsp3) is 0.150. The second-order valence-electron chi connectivity index (χ2n) is 6.24. The summed E-state index contributed by atoms with van der Waals surface area (Å²) in [6, 6.07) is 9.29. The quantitative estimate of drug-likeness (QED) is 0.775. The van der Waals surface area contributed by atoms with Crippen LogP contribution in [0, 0.1) is 25.2 Å². The summed E-state index contributed by atoms with van der Waals surface area (Å²) in [5.74, 6) is 0.858. The number of amides is 1. The number of fused-ring (bicyclic) bond motifs is 1. The van der Waals surface area contributed by atoms with Crippen LogP contribution in [0.2, 0.25) is 0 Å². The molecule has 0 bridgehead atoms. The van der Waals surface area contributed by atoms with Crippen LogP contribution in [0.4, 0.5) is 5.69 Å². The zero-order valence-electron chi connectivity index (χ0n) is 14.8. The number of aliphatic imine (C=N–C) groups is 1. The molecular formula is C20H15N5O2. The SMILES string of the molecule is Cc1ncc(C2=NCc3ccc(NC(=O)c4ncc(C#N)cc4C)cc32)o1. The molecule has 0 fully saturated rings. The highest BCUT2D eigenvalue weighted by atomic mass is 16.4. The number of carbonyl (C=O) groups is 1. The van der Waals surface area contributed by atoms with E-state index in [2.05, 4.69) is 20.3 Å². The first-order valence-corrected chi connectivity index (χ1v) is 8.34. The fourth-order valence-electron chi connectivity index (χ4n) is 3.01. The van der Waals surface area contributed by atoms with Gasteiger partial charge in [0.05, 0.1) is 18.3 Å². The minimum atomic E-state index is -0.330. The number of aryl methyl sites for hydroxylation is 2. The molecule has 0 aliphatic carbocycles. The highest BCUT2D eigenvalue weighted by Gasteiger charge is 2.21. The van der Waals surface area contributed by atoms with Gasteiger partial charge >= 0.3 is 0 Å². The van der Waals surface area contributed by atoms with Crippen LogP contribution in [0.1, 0.15) is 44.4 Å². The monoisotopic (exact) mass is 357 g/mol. The number of rotatable bonds is 3. The average Bonchev–Trinajstić information content (AvgIpc) is 3.27. The molecule has 1 aliphatic heterocycles. The van der Waals surface area contributed by atoms with Crippen molar-refractivity contribution in [1.29, 1.82) is 5.26 Å². The van der Waals surface area contributed by atoms with Crippen LogP contribution in [0.25, 0.3) is 0 Å². The molecule has 3 heterocycles. The molecule has 2 aromatic heterocycles. The lowest BCUT2D eigenvalue weighted by Crippen LogP contribution is -2.16. The summed E-state index contributed by atoms with van der Waals surface area (Å²) in [6.07, 6.45) is 3.04. The lowest BCUT2D eigenvalue weighted by atomic mass is 10.0. The van der Waals surface area contributed by atoms with Crippen molar-refractivity contribution in [3.05, 3.63) is 76.3 Å². The zero-order valence-corrected chi connectivity index (χ0v) is 14.8. The van der Waals surface area contributed by atoms with Crippen molar-refractivity contribution in [3.63, 3.8) is 0 Å². The van der Waals surface area contributed by atoms with Gasteiger partial charge in [0.15, 0.2) is 11.7 Å². The van der Waals surface area contributed by atoms with Crippen molar-refractivity contribution in [3.8, 4) is 6.07 Å². The van der Waals surface area contributed by atoms with Crippen LogP contribution >= 0.6 is 0 Å². The maximum absolute atomic E-state index is 12.6. The van der Waals surface area contributed by atoms with E-state index < -0.39 is 0 Å². The van der Waals surface area contributed by atoms with E-state index in [0.717, 1.165) is 16.8 Å². The van der Waals surface area contributed by atoms with E-state index in [1.807, 2.05) is 24.3 Å². The van der Waals surface area contributed by atoms with E-state index in [1.165, 1.54) is 6.20 Å². The molecule has 7 nitrogen and oxygen atoms in total. The third-order valence-electron chi connectivity index (χ3n) is 4.31. The van der Waals surface area contributed by atoms with Gasteiger partial charge < -0.3 is 9.73 Å². The Bertz CT molecular complexity index is 1140. The minimum absolute atomic E-state index is 0.286. The van der Waals surface area contributed by atoms with Crippen molar-refractivity contribution >= 4 is 17.3 Å². The number of nitriles is 1. The number of benzene rings is 1. The Hall–Kier alpha value is -3.79. The summed E-state index contributed by atoms with van der Waals surface area (Å²) in [7, 11) is 0. The minimum Gasteiger partial charge on any atom is -0.439 e. The molecule has 4 rings (SSSR count). The Kier molecular flexibility index (Phi) is 4.01. The largest absolute Gasteiger partial charge is 0.439 e. The van der Waals surface area contributed by atoms with Gasteiger partial charge in [-0.2, -0.15) is 5.26 Å². The molecular weight excluding hydrogens is 342 g/mol. The van der Waals surface area contributed by atoms with Crippen LogP contribution in [0.15, 0.2) is 46.1 Å². The summed E-state index contributed by atoms with van der Waals surface area (Å²) in [4.78, 5) is 25.3. The van der Waals surface area contributed by atoms with E-state index in [1.54, 1.807) is 26.1 Å². The number of aromatic nitrogens is 2. The van der Waals surface area contributed by atoms with E-state index >= 15 is 0 Å². The number of anilines is 1. The predicted octanol–water partition coefficient (Wildman–Crippen LogP) is 3.16. The van der Waals surface area contributed by atoms with Gasteiger partial charge in [0.25, 0.3) is 5.91 Å².